The van der Waals surface area contributed by atoms with Crippen molar-refractivity contribution in [3.05, 3.63) is 82.1 Å². The number of halogens is 1. The first kappa shape index (κ1) is 22.4. The van der Waals surface area contributed by atoms with Crippen LogP contribution in [-0.4, -0.2) is 24.0 Å². The van der Waals surface area contributed by atoms with Crippen LogP contribution in [0.25, 0.3) is 10.9 Å². The number of para-hydroxylation sites is 1. The minimum Gasteiger partial charge on any atom is -0.469 e. The number of fused-ring (bicyclic) bond motifs is 1. The van der Waals surface area contributed by atoms with Gasteiger partial charge in [0, 0.05) is 41.0 Å². The van der Waals surface area contributed by atoms with Crippen LogP contribution in [0.4, 0.5) is 0 Å². The number of hydrogen-bond donors (Lipinski definition) is 3. The Kier molecular flexibility index (Phi) is 8.39. The van der Waals surface area contributed by atoms with Gasteiger partial charge < -0.3 is 20.0 Å². The van der Waals surface area contributed by atoms with Crippen LogP contribution in [0, 0.1) is 6.92 Å². The number of aromatic amines is 1. The van der Waals surface area contributed by atoms with Crippen molar-refractivity contribution >= 4 is 52.2 Å². The monoisotopic (exact) mass is 534 g/mol. The number of nitrogens with zero attached hydrogens (tertiary/aromatic N) is 1. The van der Waals surface area contributed by atoms with E-state index in [-0.39, 0.29) is 24.0 Å². The summed E-state index contributed by atoms with van der Waals surface area (Å²) in [6, 6.07) is 16.6. The molecule has 30 heavy (non-hydrogen) atoms. The van der Waals surface area contributed by atoms with Crippen molar-refractivity contribution in [1.29, 1.82) is 0 Å². The molecule has 4 aromatic rings. The van der Waals surface area contributed by atoms with Crippen LogP contribution in [0.15, 0.2) is 69.6 Å². The van der Waals surface area contributed by atoms with Gasteiger partial charge in [0.1, 0.15) is 5.76 Å². The zero-order chi connectivity index (χ0) is 19.9. The fourth-order valence-electron chi connectivity index (χ4n) is 3.46. The maximum Gasteiger partial charge on any atom is 0.191 e. The van der Waals surface area contributed by atoms with Gasteiger partial charge in [0.2, 0.25) is 0 Å². The highest BCUT2D eigenvalue weighted by molar-refractivity contribution is 14.0. The van der Waals surface area contributed by atoms with E-state index < -0.39 is 0 Å². The van der Waals surface area contributed by atoms with Gasteiger partial charge in [0.05, 0.1) is 12.8 Å². The number of benzene rings is 1. The van der Waals surface area contributed by atoms with Gasteiger partial charge in [-0.25, -0.2) is 4.99 Å². The Hall–Kier alpha value is -2.26. The van der Waals surface area contributed by atoms with Crippen LogP contribution in [0.5, 0.6) is 0 Å². The molecule has 0 fully saturated rings. The number of thiophene rings is 1. The zero-order valence-corrected chi connectivity index (χ0v) is 20.1. The summed E-state index contributed by atoms with van der Waals surface area (Å²) >= 11 is 1.73. The van der Waals surface area contributed by atoms with Crippen molar-refractivity contribution in [2.24, 2.45) is 4.99 Å². The van der Waals surface area contributed by atoms with Crippen molar-refractivity contribution in [2.75, 3.05) is 13.1 Å². The molecule has 0 saturated carbocycles. The molecule has 0 aliphatic heterocycles. The Morgan fingerprint density at radius 1 is 1.03 bits per heavy atom. The normalized spacial score (nSPS) is 11.4. The van der Waals surface area contributed by atoms with E-state index in [9.17, 15) is 0 Å². The predicted molar refractivity (Wildman–Crippen MR) is 136 cm³/mol. The van der Waals surface area contributed by atoms with E-state index in [1.807, 2.05) is 12.1 Å². The number of aromatic nitrogens is 1. The number of nitrogens with one attached hydrogen (secondary N) is 3. The summed E-state index contributed by atoms with van der Waals surface area (Å²) in [5, 5.41) is 10.3. The van der Waals surface area contributed by atoms with Gasteiger partial charge >= 0.3 is 0 Å². The molecule has 0 spiro atoms. The van der Waals surface area contributed by atoms with Crippen LogP contribution in [0.1, 0.15) is 21.9 Å². The molecule has 0 bridgehead atoms. The second kappa shape index (κ2) is 11.2. The van der Waals surface area contributed by atoms with Gasteiger partial charge in [-0.3, -0.25) is 0 Å². The third-order valence-corrected chi connectivity index (χ3v) is 5.77. The van der Waals surface area contributed by atoms with Crippen LogP contribution in [0.2, 0.25) is 0 Å². The van der Waals surface area contributed by atoms with Crippen LogP contribution in [-0.2, 0) is 19.4 Å². The first-order valence-electron chi connectivity index (χ1n) is 9.93. The zero-order valence-electron chi connectivity index (χ0n) is 17.0. The maximum atomic E-state index is 5.42. The molecule has 0 atom stereocenters. The molecule has 5 nitrogen and oxygen atoms in total. The summed E-state index contributed by atoms with van der Waals surface area (Å²) in [5.41, 5.74) is 3.79. The van der Waals surface area contributed by atoms with E-state index in [0.29, 0.717) is 6.54 Å². The first-order chi connectivity index (χ1) is 14.3. The van der Waals surface area contributed by atoms with Crippen molar-refractivity contribution in [1.82, 2.24) is 15.6 Å². The van der Waals surface area contributed by atoms with Gasteiger partial charge in [0.15, 0.2) is 5.96 Å². The average molecular weight is 534 g/mol. The third kappa shape index (κ3) is 5.89. The van der Waals surface area contributed by atoms with Gasteiger partial charge in [-0.1, -0.05) is 24.3 Å². The second-order valence-electron chi connectivity index (χ2n) is 6.95. The summed E-state index contributed by atoms with van der Waals surface area (Å²) in [7, 11) is 0. The summed E-state index contributed by atoms with van der Waals surface area (Å²) in [4.78, 5) is 9.49. The molecular formula is C23H27IN4OS. The first-order valence-corrected chi connectivity index (χ1v) is 10.8. The Morgan fingerprint density at radius 2 is 1.87 bits per heavy atom. The van der Waals surface area contributed by atoms with Gasteiger partial charge in [0.25, 0.3) is 0 Å². The summed E-state index contributed by atoms with van der Waals surface area (Å²) in [5.74, 6) is 1.81. The minimum absolute atomic E-state index is 0. The van der Waals surface area contributed by atoms with Gasteiger partial charge in [-0.05, 0) is 48.6 Å². The molecule has 3 heterocycles. The van der Waals surface area contributed by atoms with Crippen LogP contribution in [0.3, 0.4) is 0 Å². The smallest absolute Gasteiger partial charge is 0.191 e. The summed E-state index contributed by atoms with van der Waals surface area (Å²) in [6.45, 7) is 4.41. The lowest BCUT2D eigenvalue weighted by molar-refractivity contribution is 0.506. The molecule has 0 aliphatic rings. The number of furan rings is 1. The SMILES string of the molecule is Cc1[nH]c2ccccc2c1CCNC(=NCc1cccs1)NCCc1ccco1.I. The lowest BCUT2D eigenvalue weighted by Crippen LogP contribution is -2.39. The lowest BCUT2D eigenvalue weighted by Gasteiger charge is -2.12. The van der Waals surface area contributed by atoms with Gasteiger partial charge in [-0.15, -0.1) is 35.3 Å². The Bertz CT molecular complexity index is 1050. The Balaban J connectivity index is 0.00000256. The highest BCUT2D eigenvalue weighted by Gasteiger charge is 2.08. The number of guanidine groups is 1. The molecule has 0 aliphatic carbocycles. The molecule has 158 valence electrons. The molecule has 0 amide bonds. The highest BCUT2D eigenvalue weighted by atomic mass is 127. The number of rotatable bonds is 8. The molecule has 0 radical (unpaired) electrons. The minimum atomic E-state index is 0. The standard InChI is InChI=1S/C23H26N4OS.HI/c1-17-20(21-8-2-3-9-22(21)27-17)11-13-25-23(26-16-19-7-5-15-29-19)24-12-10-18-6-4-14-28-18;/h2-9,14-15,27H,10-13,16H2,1H3,(H2,24,25,26);1H. The molecule has 3 aromatic heterocycles. The summed E-state index contributed by atoms with van der Waals surface area (Å²) in [6.07, 6.45) is 3.48. The molecular weight excluding hydrogens is 507 g/mol. The van der Waals surface area contributed by atoms with E-state index >= 15 is 0 Å². The Labute approximate surface area is 198 Å². The van der Waals surface area contributed by atoms with Crippen molar-refractivity contribution in [3.8, 4) is 0 Å². The quantitative estimate of drug-likeness (QED) is 0.164. The van der Waals surface area contributed by atoms with E-state index in [0.717, 1.165) is 37.7 Å². The van der Waals surface area contributed by atoms with Crippen LogP contribution < -0.4 is 10.6 Å². The molecule has 0 saturated heterocycles. The largest absolute Gasteiger partial charge is 0.469 e. The molecule has 0 unspecified atom stereocenters. The van der Waals surface area contributed by atoms with Crippen LogP contribution >= 0.6 is 35.3 Å². The average Bonchev–Trinajstić information content (AvgIpc) is 3.48. The number of H-pyrrole nitrogens is 1. The van der Waals surface area contributed by atoms with Gasteiger partial charge in [-0.2, -0.15) is 0 Å². The molecule has 4 rings (SSSR count). The fourth-order valence-corrected chi connectivity index (χ4v) is 4.08. The lowest BCUT2D eigenvalue weighted by atomic mass is 10.1. The van der Waals surface area contributed by atoms with Crippen molar-refractivity contribution < 1.29 is 4.42 Å². The van der Waals surface area contributed by atoms with Crippen molar-refractivity contribution in [2.45, 2.75) is 26.3 Å². The Morgan fingerprint density at radius 3 is 2.63 bits per heavy atom. The highest BCUT2D eigenvalue weighted by Crippen LogP contribution is 2.21. The second-order valence-corrected chi connectivity index (χ2v) is 7.98. The van der Waals surface area contributed by atoms with E-state index in [4.69, 9.17) is 9.41 Å². The number of aryl methyl sites for hydroxylation is 1. The van der Waals surface area contributed by atoms with E-state index in [2.05, 4.69) is 64.3 Å². The predicted octanol–water partition coefficient (Wildman–Crippen LogP) is 5.27. The number of aliphatic imine (C=N–C) groups is 1. The number of hydrogen-bond acceptors (Lipinski definition) is 3. The van der Waals surface area contributed by atoms with E-state index in [1.165, 1.54) is 27.0 Å². The summed E-state index contributed by atoms with van der Waals surface area (Å²) < 4.78 is 5.42. The van der Waals surface area contributed by atoms with E-state index in [1.54, 1.807) is 17.6 Å². The molecule has 1 aromatic carbocycles. The molecule has 7 heteroatoms. The topological polar surface area (TPSA) is 65.3 Å². The maximum absolute atomic E-state index is 5.42. The molecule has 3 N–H and O–H groups in total. The fraction of sp³-hybridized carbons (Fsp3) is 0.261. The third-order valence-electron chi connectivity index (χ3n) is 4.91. The van der Waals surface area contributed by atoms with Crippen molar-refractivity contribution in [3.63, 3.8) is 0 Å².